The van der Waals surface area contributed by atoms with Crippen molar-refractivity contribution in [2.45, 2.75) is 13.8 Å². The van der Waals surface area contributed by atoms with Crippen molar-refractivity contribution < 1.29 is 4.74 Å². The predicted octanol–water partition coefficient (Wildman–Crippen LogP) is 4.01. The maximum atomic E-state index is 5.17. The molecule has 2 aromatic rings. The SMILES string of the molecule is CCN(CC)c1ccc(C=NN(C)c2ccc(OC)cc2)cc1. The summed E-state index contributed by atoms with van der Waals surface area (Å²) in [6.07, 6.45) is 1.87. The van der Waals surface area contributed by atoms with Crippen molar-refractivity contribution in [1.29, 1.82) is 0 Å². The van der Waals surface area contributed by atoms with E-state index < -0.39 is 0 Å². The van der Waals surface area contributed by atoms with Crippen LogP contribution in [-0.4, -0.2) is 33.5 Å². The summed E-state index contributed by atoms with van der Waals surface area (Å²) < 4.78 is 5.17. The van der Waals surface area contributed by atoms with Gasteiger partial charge in [0.1, 0.15) is 5.75 Å². The number of hydrogen-bond donors (Lipinski definition) is 0. The minimum atomic E-state index is 0.845. The Morgan fingerprint density at radius 2 is 1.48 bits per heavy atom. The molecule has 0 heterocycles. The fourth-order valence-electron chi connectivity index (χ4n) is 2.38. The number of rotatable bonds is 7. The zero-order valence-electron chi connectivity index (χ0n) is 14.4. The normalized spacial score (nSPS) is 10.8. The van der Waals surface area contributed by atoms with Gasteiger partial charge in [-0.1, -0.05) is 12.1 Å². The van der Waals surface area contributed by atoms with Gasteiger partial charge in [-0.25, -0.2) is 0 Å². The maximum absolute atomic E-state index is 5.17. The lowest BCUT2D eigenvalue weighted by atomic mass is 10.2. The summed E-state index contributed by atoms with van der Waals surface area (Å²) in [6, 6.07) is 16.3. The van der Waals surface area contributed by atoms with E-state index in [1.165, 1.54) is 5.69 Å². The molecular formula is C19H25N3O. The Bertz CT molecular complexity index is 616. The Morgan fingerprint density at radius 1 is 0.913 bits per heavy atom. The van der Waals surface area contributed by atoms with Crippen LogP contribution in [0.4, 0.5) is 11.4 Å². The molecule has 2 rings (SSSR count). The summed E-state index contributed by atoms with van der Waals surface area (Å²) in [5, 5.41) is 6.33. The van der Waals surface area contributed by atoms with E-state index in [9.17, 15) is 0 Å². The Hall–Kier alpha value is -2.49. The quantitative estimate of drug-likeness (QED) is 0.571. The standard InChI is InChI=1S/C19H25N3O/c1-5-22(6-2)18-9-7-16(8-10-18)15-20-21(3)17-11-13-19(23-4)14-12-17/h7-15H,5-6H2,1-4H3. The first kappa shape index (κ1) is 16.9. The molecule has 2 aromatic carbocycles. The second-order valence-corrected chi connectivity index (χ2v) is 5.23. The largest absolute Gasteiger partial charge is 0.497 e. The topological polar surface area (TPSA) is 28.1 Å². The van der Waals surface area contributed by atoms with Crippen molar-refractivity contribution in [3.63, 3.8) is 0 Å². The molecule has 0 unspecified atom stereocenters. The number of nitrogens with zero attached hydrogens (tertiary/aromatic N) is 3. The number of hydrogen-bond acceptors (Lipinski definition) is 4. The van der Waals surface area contributed by atoms with E-state index in [0.29, 0.717) is 0 Å². The lowest BCUT2D eigenvalue weighted by Gasteiger charge is -2.20. The summed E-state index contributed by atoms with van der Waals surface area (Å²) in [5.41, 5.74) is 3.35. The van der Waals surface area contributed by atoms with Gasteiger partial charge in [0, 0.05) is 25.8 Å². The first-order valence-electron chi connectivity index (χ1n) is 7.94. The lowest BCUT2D eigenvalue weighted by molar-refractivity contribution is 0.415. The van der Waals surface area contributed by atoms with Gasteiger partial charge in [0.25, 0.3) is 0 Å². The van der Waals surface area contributed by atoms with Crippen molar-refractivity contribution in [3.8, 4) is 5.75 Å². The molecule has 0 aliphatic heterocycles. The Labute approximate surface area is 139 Å². The molecule has 0 amide bonds. The monoisotopic (exact) mass is 311 g/mol. The molecule has 0 fully saturated rings. The molecule has 0 N–H and O–H groups in total. The average Bonchev–Trinajstić information content (AvgIpc) is 2.62. The predicted molar refractivity (Wildman–Crippen MR) is 99.0 cm³/mol. The van der Waals surface area contributed by atoms with E-state index in [1.807, 2.05) is 42.5 Å². The van der Waals surface area contributed by atoms with Crippen molar-refractivity contribution in [1.82, 2.24) is 0 Å². The van der Waals surface area contributed by atoms with Crippen molar-refractivity contribution >= 4 is 17.6 Å². The van der Waals surface area contributed by atoms with Gasteiger partial charge in [-0.3, -0.25) is 5.01 Å². The van der Waals surface area contributed by atoms with Gasteiger partial charge in [0.15, 0.2) is 0 Å². The van der Waals surface area contributed by atoms with Crippen molar-refractivity contribution in [2.24, 2.45) is 5.10 Å². The first-order valence-corrected chi connectivity index (χ1v) is 7.94. The van der Waals surface area contributed by atoms with Crippen LogP contribution in [0.15, 0.2) is 53.6 Å². The molecule has 0 bridgehead atoms. The number of benzene rings is 2. The number of anilines is 2. The van der Waals surface area contributed by atoms with E-state index in [-0.39, 0.29) is 0 Å². The van der Waals surface area contributed by atoms with Gasteiger partial charge < -0.3 is 9.64 Å². The first-order chi connectivity index (χ1) is 11.2. The highest BCUT2D eigenvalue weighted by molar-refractivity contribution is 5.81. The third kappa shape index (κ3) is 4.49. The van der Waals surface area contributed by atoms with Crippen LogP contribution in [0.3, 0.4) is 0 Å². The van der Waals surface area contributed by atoms with Crippen LogP contribution in [0.5, 0.6) is 5.75 Å². The zero-order valence-corrected chi connectivity index (χ0v) is 14.4. The van der Waals surface area contributed by atoms with E-state index >= 15 is 0 Å². The van der Waals surface area contributed by atoms with Crippen LogP contribution >= 0.6 is 0 Å². The fourth-order valence-corrected chi connectivity index (χ4v) is 2.38. The van der Waals surface area contributed by atoms with Crippen LogP contribution in [0.2, 0.25) is 0 Å². The fraction of sp³-hybridized carbons (Fsp3) is 0.316. The Morgan fingerprint density at radius 3 is 2.00 bits per heavy atom. The molecule has 0 saturated carbocycles. The molecule has 23 heavy (non-hydrogen) atoms. The maximum Gasteiger partial charge on any atom is 0.119 e. The third-order valence-corrected chi connectivity index (χ3v) is 3.85. The molecule has 0 aliphatic rings. The van der Waals surface area contributed by atoms with Gasteiger partial charge in [-0.15, -0.1) is 0 Å². The van der Waals surface area contributed by atoms with Gasteiger partial charge in [0.2, 0.25) is 0 Å². The molecule has 4 nitrogen and oxygen atoms in total. The van der Waals surface area contributed by atoms with Crippen LogP contribution < -0.4 is 14.6 Å². The van der Waals surface area contributed by atoms with E-state index in [4.69, 9.17) is 4.74 Å². The Kier molecular flexibility index (Phi) is 6.03. The highest BCUT2D eigenvalue weighted by atomic mass is 16.5. The molecule has 4 heteroatoms. The van der Waals surface area contributed by atoms with Crippen molar-refractivity contribution in [2.75, 3.05) is 37.2 Å². The molecule has 0 radical (unpaired) electrons. The molecule has 0 atom stereocenters. The lowest BCUT2D eigenvalue weighted by Crippen LogP contribution is -2.21. The highest BCUT2D eigenvalue weighted by Gasteiger charge is 2.01. The summed E-state index contributed by atoms with van der Waals surface area (Å²) in [4.78, 5) is 2.32. The number of methoxy groups -OCH3 is 1. The summed E-state index contributed by atoms with van der Waals surface area (Å²) in [5.74, 6) is 0.845. The van der Waals surface area contributed by atoms with Crippen LogP contribution in [0, 0.1) is 0 Å². The summed E-state index contributed by atoms with van der Waals surface area (Å²) in [6.45, 7) is 6.37. The van der Waals surface area contributed by atoms with Crippen molar-refractivity contribution in [3.05, 3.63) is 54.1 Å². The van der Waals surface area contributed by atoms with Gasteiger partial charge >= 0.3 is 0 Å². The minimum Gasteiger partial charge on any atom is -0.497 e. The second-order valence-electron chi connectivity index (χ2n) is 5.23. The smallest absolute Gasteiger partial charge is 0.119 e. The average molecular weight is 311 g/mol. The second kappa shape index (κ2) is 8.22. The van der Waals surface area contributed by atoms with Gasteiger partial charge in [0.05, 0.1) is 19.0 Å². The molecule has 122 valence electrons. The highest BCUT2D eigenvalue weighted by Crippen LogP contribution is 2.18. The molecule has 0 aromatic heterocycles. The Balaban J connectivity index is 2.03. The number of hydrazone groups is 1. The van der Waals surface area contributed by atoms with E-state index in [2.05, 4.69) is 48.1 Å². The molecule has 0 saturated heterocycles. The zero-order chi connectivity index (χ0) is 16.7. The van der Waals surface area contributed by atoms with Crippen LogP contribution in [0.1, 0.15) is 19.4 Å². The molecule has 0 aliphatic carbocycles. The van der Waals surface area contributed by atoms with Gasteiger partial charge in [-0.2, -0.15) is 5.10 Å². The van der Waals surface area contributed by atoms with Crippen LogP contribution in [0.25, 0.3) is 0 Å². The van der Waals surface area contributed by atoms with E-state index in [0.717, 1.165) is 30.1 Å². The van der Waals surface area contributed by atoms with E-state index in [1.54, 1.807) is 7.11 Å². The minimum absolute atomic E-state index is 0.845. The summed E-state index contributed by atoms with van der Waals surface area (Å²) >= 11 is 0. The van der Waals surface area contributed by atoms with Crippen LogP contribution in [-0.2, 0) is 0 Å². The molecular weight excluding hydrogens is 286 g/mol. The van der Waals surface area contributed by atoms with Gasteiger partial charge in [-0.05, 0) is 55.8 Å². The number of ether oxygens (including phenoxy) is 1. The summed E-state index contributed by atoms with van der Waals surface area (Å²) in [7, 11) is 3.60. The third-order valence-electron chi connectivity index (χ3n) is 3.85. The molecule has 0 spiro atoms.